The van der Waals surface area contributed by atoms with Crippen LogP contribution in [0.3, 0.4) is 0 Å². The fourth-order valence-corrected chi connectivity index (χ4v) is 2.24. The van der Waals surface area contributed by atoms with Gasteiger partial charge in [0.05, 0.1) is 29.6 Å². The molecule has 0 spiro atoms. The van der Waals surface area contributed by atoms with E-state index < -0.39 is 0 Å². The predicted molar refractivity (Wildman–Crippen MR) is 87.4 cm³/mol. The highest BCUT2D eigenvalue weighted by atomic mass is 16.5. The second-order valence-corrected chi connectivity index (χ2v) is 4.84. The fraction of sp³-hybridized carbons (Fsp3) is 0.111. The Balaban J connectivity index is 1.85. The summed E-state index contributed by atoms with van der Waals surface area (Å²) in [5.74, 6) is -0.317. The lowest BCUT2D eigenvalue weighted by molar-refractivity contribution is 0.0526. The van der Waals surface area contributed by atoms with Gasteiger partial charge in [0.15, 0.2) is 0 Å². The quantitative estimate of drug-likeness (QED) is 0.734. The molecule has 0 saturated heterocycles. The van der Waals surface area contributed by atoms with E-state index in [1.807, 2.05) is 42.5 Å². The van der Waals surface area contributed by atoms with Crippen molar-refractivity contribution in [2.45, 2.75) is 6.92 Å². The molecule has 0 fully saturated rings. The minimum atomic E-state index is -0.317. The number of benzene rings is 2. The summed E-state index contributed by atoms with van der Waals surface area (Å²) in [6.45, 7) is 2.16. The highest BCUT2D eigenvalue weighted by Gasteiger charge is 2.07. The van der Waals surface area contributed by atoms with Crippen molar-refractivity contribution in [3.63, 3.8) is 0 Å². The summed E-state index contributed by atoms with van der Waals surface area (Å²) in [4.78, 5) is 16.2. The monoisotopic (exact) mass is 292 g/mol. The Hall–Kier alpha value is -2.88. The topological polar surface area (TPSA) is 51.2 Å². The van der Waals surface area contributed by atoms with Crippen molar-refractivity contribution in [3.8, 4) is 0 Å². The Labute approximate surface area is 128 Å². The van der Waals surface area contributed by atoms with Gasteiger partial charge in [0.2, 0.25) is 0 Å². The summed E-state index contributed by atoms with van der Waals surface area (Å²) in [5, 5.41) is 4.33. The first-order chi connectivity index (χ1) is 10.8. The van der Waals surface area contributed by atoms with Crippen LogP contribution in [0.25, 0.3) is 10.9 Å². The van der Waals surface area contributed by atoms with Crippen molar-refractivity contribution in [1.82, 2.24) is 4.98 Å². The zero-order valence-electron chi connectivity index (χ0n) is 12.2. The van der Waals surface area contributed by atoms with Gasteiger partial charge in [0.25, 0.3) is 0 Å². The number of para-hydroxylation sites is 1. The van der Waals surface area contributed by atoms with Gasteiger partial charge in [-0.3, -0.25) is 4.98 Å². The first-order valence-electron chi connectivity index (χ1n) is 7.15. The van der Waals surface area contributed by atoms with Crippen LogP contribution in [0.15, 0.2) is 60.8 Å². The van der Waals surface area contributed by atoms with Gasteiger partial charge in [-0.15, -0.1) is 0 Å². The van der Waals surface area contributed by atoms with Crippen LogP contribution in [0.5, 0.6) is 0 Å². The molecule has 1 heterocycles. The average Bonchev–Trinajstić information content (AvgIpc) is 2.55. The molecule has 0 unspecified atom stereocenters. The molecule has 0 amide bonds. The van der Waals surface area contributed by atoms with E-state index in [0.717, 1.165) is 22.3 Å². The van der Waals surface area contributed by atoms with E-state index in [1.54, 1.807) is 25.3 Å². The van der Waals surface area contributed by atoms with Gasteiger partial charge in [-0.25, -0.2) is 4.79 Å². The number of hydrogen-bond donors (Lipinski definition) is 1. The molecule has 0 bridgehead atoms. The Bertz CT molecular complexity index is 815. The third-order valence-electron chi connectivity index (χ3n) is 3.25. The molecule has 110 valence electrons. The summed E-state index contributed by atoms with van der Waals surface area (Å²) >= 11 is 0. The predicted octanol–water partition coefficient (Wildman–Crippen LogP) is 4.16. The molecular formula is C18H16N2O2. The average molecular weight is 292 g/mol. The molecule has 4 heteroatoms. The highest BCUT2D eigenvalue weighted by molar-refractivity contribution is 5.91. The van der Waals surface area contributed by atoms with Crippen LogP contribution < -0.4 is 5.32 Å². The maximum atomic E-state index is 11.8. The van der Waals surface area contributed by atoms with Crippen LogP contribution in [0.1, 0.15) is 17.3 Å². The molecule has 3 aromatic rings. The lowest BCUT2D eigenvalue weighted by atomic mass is 10.2. The van der Waals surface area contributed by atoms with Crippen LogP contribution in [0.2, 0.25) is 0 Å². The fourth-order valence-electron chi connectivity index (χ4n) is 2.24. The molecule has 3 rings (SSSR count). The van der Waals surface area contributed by atoms with Crippen molar-refractivity contribution in [3.05, 3.63) is 66.4 Å². The van der Waals surface area contributed by atoms with E-state index in [0.29, 0.717) is 12.2 Å². The Kier molecular flexibility index (Phi) is 4.01. The summed E-state index contributed by atoms with van der Waals surface area (Å²) < 4.78 is 5.01. The number of carbonyl (C=O) groups excluding carboxylic acids is 1. The van der Waals surface area contributed by atoms with Crippen LogP contribution in [-0.4, -0.2) is 17.6 Å². The number of rotatable bonds is 4. The molecule has 1 aromatic heterocycles. The van der Waals surface area contributed by atoms with Crippen molar-refractivity contribution in [2.24, 2.45) is 0 Å². The SMILES string of the molecule is CCOC(=O)c1cccc(Nc2cnc3ccccc3c2)c1. The van der Waals surface area contributed by atoms with Crippen LogP contribution >= 0.6 is 0 Å². The molecule has 0 aliphatic rings. The lowest BCUT2D eigenvalue weighted by Crippen LogP contribution is -2.04. The van der Waals surface area contributed by atoms with Gasteiger partial charge in [0, 0.05) is 11.1 Å². The first-order valence-corrected chi connectivity index (χ1v) is 7.15. The molecule has 2 aromatic carbocycles. The molecule has 0 saturated carbocycles. The first kappa shape index (κ1) is 14.1. The zero-order valence-corrected chi connectivity index (χ0v) is 12.2. The maximum absolute atomic E-state index is 11.8. The number of nitrogens with zero attached hydrogens (tertiary/aromatic N) is 1. The van der Waals surface area contributed by atoms with E-state index in [9.17, 15) is 4.79 Å². The molecule has 0 radical (unpaired) electrons. The number of hydrogen-bond acceptors (Lipinski definition) is 4. The van der Waals surface area contributed by atoms with Crippen molar-refractivity contribution in [2.75, 3.05) is 11.9 Å². The number of nitrogens with one attached hydrogen (secondary N) is 1. The van der Waals surface area contributed by atoms with Gasteiger partial charge >= 0.3 is 5.97 Å². The van der Waals surface area contributed by atoms with Crippen LogP contribution in [0, 0.1) is 0 Å². The van der Waals surface area contributed by atoms with E-state index >= 15 is 0 Å². The van der Waals surface area contributed by atoms with Gasteiger partial charge < -0.3 is 10.1 Å². The number of fused-ring (bicyclic) bond motifs is 1. The maximum Gasteiger partial charge on any atom is 0.338 e. The van der Waals surface area contributed by atoms with Crippen LogP contribution in [-0.2, 0) is 4.74 Å². The number of carbonyl (C=O) groups is 1. The Morgan fingerprint density at radius 1 is 1.09 bits per heavy atom. The smallest absolute Gasteiger partial charge is 0.338 e. The molecule has 0 aliphatic heterocycles. The third-order valence-corrected chi connectivity index (χ3v) is 3.25. The number of aromatic nitrogens is 1. The Morgan fingerprint density at radius 2 is 1.95 bits per heavy atom. The van der Waals surface area contributed by atoms with Gasteiger partial charge in [-0.2, -0.15) is 0 Å². The Morgan fingerprint density at radius 3 is 2.82 bits per heavy atom. The molecule has 22 heavy (non-hydrogen) atoms. The van der Waals surface area contributed by atoms with E-state index in [2.05, 4.69) is 10.3 Å². The van der Waals surface area contributed by atoms with Gasteiger partial charge in [-0.05, 0) is 37.3 Å². The second-order valence-electron chi connectivity index (χ2n) is 4.84. The second kappa shape index (κ2) is 6.26. The number of esters is 1. The third kappa shape index (κ3) is 3.06. The normalized spacial score (nSPS) is 10.4. The van der Waals surface area contributed by atoms with Gasteiger partial charge in [-0.1, -0.05) is 24.3 Å². The summed E-state index contributed by atoms with van der Waals surface area (Å²) in [5.41, 5.74) is 3.18. The molecule has 1 N–H and O–H groups in total. The van der Waals surface area contributed by atoms with Crippen molar-refractivity contribution < 1.29 is 9.53 Å². The summed E-state index contributed by atoms with van der Waals surface area (Å²) in [6.07, 6.45) is 1.78. The lowest BCUT2D eigenvalue weighted by Gasteiger charge is -2.09. The van der Waals surface area contributed by atoms with Crippen LogP contribution in [0.4, 0.5) is 11.4 Å². The van der Waals surface area contributed by atoms with Crippen molar-refractivity contribution in [1.29, 1.82) is 0 Å². The minimum absolute atomic E-state index is 0.317. The summed E-state index contributed by atoms with van der Waals surface area (Å²) in [7, 11) is 0. The minimum Gasteiger partial charge on any atom is -0.462 e. The molecule has 0 atom stereocenters. The largest absolute Gasteiger partial charge is 0.462 e. The highest BCUT2D eigenvalue weighted by Crippen LogP contribution is 2.21. The molecular weight excluding hydrogens is 276 g/mol. The van der Waals surface area contributed by atoms with E-state index in [1.165, 1.54) is 0 Å². The number of ether oxygens (including phenoxy) is 1. The standard InChI is InChI=1S/C18H16N2O2/c1-2-22-18(21)14-7-5-8-15(11-14)20-16-10-13-6-3-4-9-17(13)19-12-16/h3-12,20H,2H2,1H3. The molecule has 4 nitrogen and oxygen atoms in total. The summed E-state index contributed by atoms with van der Waals surface area (Å²) in [6, 6.07) is 17.2. The number of anilines is 2. The number of pyridine rings is 1. The van der Waals surface area contributed by atoms with Crippen molar-refractivity contribution >= 4 is 28.2 Å². The zero-order chi connectivity index (χ0) is 15.4. The van der Waals surface area contributed by atoms with E-state index in [-0.39, 0.29) is 5.97 Å². The molecule has 0 aliphatic carbocycles. The van der Waals surface area contributed by atoms with E-state index in [4.69, 9.17) is 4.74 Å². The van der Waals surface area contributed by atoms with Gasteiger partial charge in [0.1, 0.15) is 0 Å².